The normalized spacial score (nSPS) is 15.6. The molecule has 6 heteroatoms. The number of carbonyl (C=O) groups excluding carboxylic acids is 1. The van der Waals surface area contributed by atoms with Crippen molar-refractivity contribution >= 4 is 33.8 Å². The summed E-state index contributed by atoms with van der Waals surface area (Å²) in [4.78, 5) is 19.8. The first kappa shape index (κ1) is 14.0. The van der Waals surface area contributed by atoms with Gasteiger partial charge in [-0.2, -0.15) is 0 Å². The van der Waals surface area contributed by atoms with Crippen molar-refractivity contribution in [2.24, 2.45) is 0 Å². The van der Waals surface area contributed by atoms with Crippen LogP contribution in [0, 0.1) is 6.92 Å². The van der Waals surface area contributed by atoms with Crippen LogP contribution in [0.2, 0.25) is 0 Å². The molecule has 0 bridgehead atoms. The number of fused-ring (bicyclic) bond motifs is 1. The zero-order chi connectivity index (χ0) is 15.0. The summed E-state index contributed by atoms with van der Waals surface area (Å²) in [6, 6.07) is 8.07. The number of anilines is 3. The van der Waals surface area contributed by atoms with Gasteiger partial charge in [-0.1, -0.05) is 23.5 Å². The second-order valence-corrected chi connectivity index (χ2v) is 6.12. The summed E-state index contributed by atoms with van der Waals surface area (Å²) in [5, 5.41) is 7.01. The van der Waals surface area contributed by atoms with Crippen molar-refractivity contribution in [2.75, 3.05) is 23.8 Å². The minimum atomic E-state index is -0.00947. The van der Waals surface area contributed by atoms with Crippen LogP contribution in [0.4, 0.5) is 16.5 Å². The summed E-state index contributed by atoms with van der Waals surface area (Å²) >= 11 is 1.64. The van der Waals surface area contributed by atoms with Crippen molar-refractivity contribution in [3.63, 3.8) is 0 Å². The Morgan fingerprint density at radius 2 is 2.19 bits per heavy atom. The SMILES string of the molecule is CNC(C)c1sc(N2CC(=O)Nc3ccccc32)nc1C. The summed E-state index contributed by atoms with van der Waals surface area (Å²) in [5.74, 6) is -0.00947. The standard InChI is InChI=1S/C15H18N4OS/c1-9(16-3)14-10(2)17-15(21-14)19-8-13(20)18-11-6-4-5-7-12(11)19/h4-7,9,16H,8H2,1-3H3,(H,18,20). The average Bonchev–Trinajstić information content (AvgIpc) is 2.87. The maximum Gasteiger partial charge on any atom is 0.244 e. The Bertz CT molecular complexity index is 682. The molecule has 0 saturated carbocycles. The minimum absolute atomic E-state index is 0.00947. The van der Waals surface area contributed by atoms with Crippen LogP contribution in [-0.2, 0) is 4.79 Å². The molecular formula is C15H18N4OS. The molecule has 1 unspecified atom stereocenters. The fourth-order valence-electron chi connectivity index (χ4n) is 2.45. The molecule has 110 valence electrons. The van der Waals surface area contributed by atoms with Gasteiger partial charge < -0.3 is 15.5 Å². The van der Waals surface area contributed by atoms with E-state index in [-0.39, 0.29) is 11.9 Å². The van der Waals surface area contributed by atoms with E-state index in [1.165, 1.54) is 4.88 Å². The Labute approximate surface area is 128 Å². The lowest BCUT2D eigenvalue weighted by molar-refractivity contribution is -0.115. The quantitative estimate of drug-likeness (QED) is 0.915. The van der Waals surface area contributed by atoms with Crippen molar-refractivity contribution in [3.8, 4) is 0 Å². The molecule has 3 rings (SSSR count). The number of thiazole rings is 1. The topological polar surface area (TPSA) is 57.3 Å². The Kier molecular flexibility index (Phi) is 3.65. The minimum Gasteiger partial charge on any atom is -0.323 e. The van der Waals surface area contributed by atoms with E-state index in [0.29, 0.717) is 6.54 Å². The summed E-state index contributed by atoms with van der Waals surface area (Å²) in [6.45, 7) is 4.43. The predicted molar refractivity (Wildman–Crippen MR) is 86.4 cm³/mol. The number of rotatable bonds is 3. The monoisotopic (exact) mass is 302 g/mol. The van der Waals surface area contributed by atoms with Gasteiger partial charge in [0.1, 0.15) is 6.54 Å². The first-order chi connectivity index (χ1) is 10.1. The largest absolute Gasteiger partial charge is 0.323 e. The van der Waals surface area contributed by atoms with Crippen molar-refractivity contribution < 1.29 is 4.79 Å². The summed E-state index contributed by atoms with van der Waals surface area (Å²) < 4.78 is 0. The van der Waals surface area contributed by atoms with Crippen LogP contribution in [0.15, 0.2) is 24.3 Å². The number of benzene rings is 1. The number of hydrogen-bond acceptors (Lipinski definition) is 5. The van der Waals surface area contributed by atoms with E-state index in [1.54, 1.807) is 11.3 Å². The number of aryl methyl sites for hydroxylation is 1. The molecule has 1 aliphatic rings. The first-order valence-corrected chi connectivity index (χ1v) is 7.73. The zero-order valence-electron chi connectivity index (χ0n) is 12.3. The number of hydrogen-bond donors (Lipinski definition) is 2. The Balaban J connectivity index is 2.03. The molecule has 21 heavy (non-hydrogen) atoms. The van der Waals surface area contributed by atoms with Gasteiger partial charge in [0.15, 0.2) is 5.13 Å². The van der Waals surface area contributed by atoms with Crippen LogP contribution in [0.1, 0.15) is 23.5 Å². The van der Waals surface area contributed by atoms with E-state index in [0.717, 1.165) is 22.2 Å². The Morgan fingerprint density at radius 1 is 1.43 bits per heavy atom. The van der Waals surface area contributed by atoms with E-state index in [9.17, 15) is 4.79 Å². The third-order valence-electron chi connectivity index (χ3n) is 3.65. The van der Waals surface area contributed by atoms with Gasteiger partial charge in [0, 0.05) is 10.9 Å². The first-order valence-electron chi connectivity index (χ1n) is 6.91. The fourth-order valence-corrected chi connectivity index (χ4v) is 3.59. The molecule has 5 nitrogen and oxygen atoms in total. The summed E-state index contributed by atoms with van der Waals surface area (Å²) in [7, 11) is 1.94. The van der Waals surface area contributed by atoms with E-state index in [4.69, 9.17) is 0 Å². The Hall–Kier alpha value is -1.92. The van der Waals surface area contributed by atoms with Crippen molar-refractivity contribution in [1.82, 2.24) is 10.3 Å². The van der Waals surface area contributed by atoms with E-state index < -0.39 is 0 Å². The van der Waals surface area contributed by atoms with E-state index in [2.05, 4.69) is 22.5 Å². The average molecular weight is 302 g/mol. The molecule has 1 aromatic carbocycles. The van der Waals surface area contributed by atoms with Gasteiger partial charge in [0.05, 0.1) is 17.1 Å². The molecule has 2 aromatic rings. The second-order valence-electron chi connectivity index (χ2n) is 5.11. The molecular weight excluding hydrogens is 284 g/mol. The third-order valence-corrected chi connectivity index (χ3v) is 5.01. The molecule has 0 radical (unpaired) electrons. The maximum atomic E-state index is 11.9. The number of para-hydroxylation sites is 2. The van der Waals surface area contributed by atoms with Gasteiger partial charge in [-0.05, 0) is 33.0 Å². The molecule has 0 saturated heterocycles. The van der Waals surface area contributed by atoms with Crippen LogP contribution in [0.5, 0.6) is 0 Å². The highest BCUT2D eigenvalue weighted by molar-refractivity contribution is 7.15. The molecule has 0 aliphatic carbocycles. The molecule has 1 atom stereocenters. The number of nitrogens with zero attached hydrogens (tertiary/aromatic N) is 2. The van der Waals surface area contributed by atoms with Gasteiger partial charge in [0.25, 0.3) is 0 Å². The molecule has 0 fully saturated rings. The van der Waals surface area contributed by atoms with E-state index >= 15 is 0 Å². The van der Waals surface area contributed by atoms with Crippen LogP contribution >= 0.6 is 11.3 Å². The van der Waals surface area contributed by atoms with Gasteiger partial charge in [-0.15, -0.1) is 0 Å². The number of nitrogens with one attached hydrogen (secondary N) is 2. The summed E-state index contributed by atoms with van der Waals surface area (Å²) in [6.07, 6.45) is 0. The van der Waals surface area contributed by atoms with Gasteiger partial charge >= 0.3 is 0 Å². The highest BCUT2D eigenvalue weighted by atomic mass is 32.1. The smallest absolute Gasteiger partial charge is 0.244 e. The maximum absolute atomic E-state index is 11.9. The fraction of sp³-hybridized carbons (Fsp3) is 0.333. The molecule has 1 aromatic heterocycles. The summed E-state index contributed by atoms with van der Waals surface area (Å²) in [5.41, 5.74) is 2.85. The number of amides is 1. The zero-order valence-corrected chi connectivity index (χ0v) is 13.1. The van der Waals surface area contributed by atoms with Crippen molar-refractivity contribution in [1.29, 1.82) is 0 Å². The second kappa shape index (κ2) is 5.46. The predicted octanol–water partition coefficient (Wildman–Crippen LogP) is 2.82. The molecule has 2 N–H and O–H groups in total. The lowest BCUT2D eigenvalue weighted by Gasteiger charge is -2.28. The van der Waals surface area contributed by atoms with Crippen LogP contribution in [-0.4, -0.2) is 24.5 Å². The lowest BCUT2D eigenvalue weighted by atomic mass is 10.2. The molecule has 2 heterocycles. The van der Waals surface area contributed by atoms with Gasteiger partial charge in [0.2, 0.25) is 5.91 Å². The number of aromatic nitrogens is 1. The molecule has 0 spiro atoms. The molecule has 1 aliphatic heterocycles. The van der Waals surface area contributed by atoms with Crippen LogP contribution in [0.3, 0.4) is 0 Å². The Morgan fingerprint density at radius 3 is 2.95 bits per heavy atom. The van der Waals surface area contributed by atoms with E-state index in [1.807, 2.05) is 43.1 Å². The number of carbonyl (C=O) groups is 1. The van der Waals surface area contributed by atoms with Gasteiger partial charge in [-0.3, -0.25) is 4.79 Å². The molecule has 1 amide bonds. The van der Waals surface area contributed by atoms with Gasteiger partial charge in [-0.25, -0.2) is 4.98 Å². The highest BCUT2D eigenvalue weighted by Crippen LogP contribution is 2.38. The highest BCUT2D eigenvalue weighted by Gasteiger charge is 2.26. The van der Waals surface area contributed by atoms with Crippen LogP contribution in [0.25, 0.3) is 0 Å². The third kappa shape index (κ3) is 2.52. The van der Waals surface area contributed by atoms with Crippen molar-refractivity contribution in [2.45, 2.75) is 19.9 Å². The van der Waals surface area contributed by atoms with Crippen molar-refractivity contribution in [3.05, 3.63) is 34.8 Å². The van der Waals surface area contributed by atoms with Crippen LogP contribution < -0.4 is 15.5 Å². The lowest BCUT2D eigenvalue weighted by Crippen LogP contribution is -2.34.